The third-order valence-corrected chi connectivity index (χ3v) is 3.98. The molecule has 0 radical (unpaired) electrons. The molecule has 2 amide bonds. The number of nitrogens with zero attached hydrogens (tertiary/aromatic N) is 3. The van der Waals surface area contributed by atoms with Gasteiger partial charge in [0.05, 0.1) is 10.6 Å². The highest BCUT2D eigenvalue weighted by molar-refractivity contribution is 6.38. The zero-order chi connectivity index (χ0) is 20.8. The largest absolute Gasteiger partial charge is 0.451 e. The van der Waals surface area contributed by atoms with E-state index in [-0.39, 0.29) is 35.8 Å². The molecule has 0 fully saturated rings. The van der Waals surface area contributed by atoms with Crippen molar-refractivity contribution in [2.24, 2.45) is 5.10 Å². The Balaban J connectivity index is 1.62. The number of ether oxygens (including phenoxy) is 1. The number of para-hydroxylation sites is 3. The summed E-state index contributed by atoms with van der Waals surface area (Å²) in [6, 6.07) is 14.2. The minimum Gasteiger partial charge on any atom is -0.451 e. The number of hydrogen-bond donors (Lipinski definition) is 1. The van der Waals surface area contributed by atoms with Gasteiger partial charge in [-0.3, -0.25) is 19.7 Å². The van der Waals surface area contributed by atoms with E-state index in [1.165, 1.54) is 24.3 Å². The number of nitro groups is 1. The minimum absolute atomic E-state index is 0.00518. The van der Waals surface area contributed by atoms with Crippen molar-refractivity contribution in [3.63, 3.8) is 0 Å². The number of nitro benzene ring substituents is 1. The van der Waals surface area contributed by atoms with Crippen molar-refractivity contribution in [3.8, 4) is 0 Å². The van der Waals surface area contributed by atoms with E-state index >= 15 is 0 Å². The summed E-state index contributed by atoms with van der Waals surface area (Å²) in [4.78, 5) is 46.6. The van der Waals surface area contributed by atoms with E-state index in [0.29, 0.717) is 5.69 Å². The van der Waals surface area contributed by atoms with Crippen LogP contribution in [0.15, 0.2) is 59.7 Å². The molecule has 0 saturated carbocycles. The fraction of sp³-hybridized carbons (Fsp3) is 0.158. The predicted octanol–water partition coefficient (Wildman–Crippen LogP) is 2.26. The lowest BCUT2D eigenvalue weighted by Gasteiger charge is -2.22. The number of rotatable bonds is 6. The normalized spacial score (nSPS) is 13.4. The van der Waals surface area contributed by atoms with E-state index in [1.54, 1.807) is 30.3 Å². The molecule has 0 spiro atoms. The Morgan fingerprint density at radius 3 is 2.52 bits per heavy atom. The van der Waals surface area contributed by atoms with Crippen molar-refractivity contribution < 1.29 is 24.0 Å². The molecule has 10 heteroatoms. The number of hydrazone groups is 1. The molecule has 0 atom stereocenters. The van der Waals surface area contributed by atoms with Crippen molar-refractivity contribution in [2.75, 3.05) is 16.9 Å². The summed E-state index contributed by atoms with van der Waals surface area (Å²) in [5, 5.41) is 18.5. The Morgan fingerprint density at radius 1 is 1.10 bits per heavy atom. The summed E-state index contributed by atoms with van der Waals surface area (Å²) in [6.07, 6.45) is 0.165. The molecule has 2 aromatic carbocycles. The second-order valence-corrected chi connectivity index (χ2v) is 5.99. The average Bonchev–Trinajstić information content (AvgIpc) is 2.73. The third kappa shape index (κ3) is 4.80. The van der Waals surface area contributed by atoms with Gasteiger partial charge in [0.1, 0.15) is 11.4 Å². The summed E-state index contributed by atoms with van der Waals surface area (Å²) in [5.74, 6) is -1.84. The first-order chi connectivity index (χ1) is 14.0. The number of anilines is 2. The Morgan fingerprint density at radius 2 is 1.79 bits per heavy atom. The molecule has 1 heterocycles. The van der Waals surface area contributed by atoms with Gasteiger partial charge in [-0.25, -0.2) is 9.80 Å². The lowest BCUT2D eigenvalue weighted by atomic mass is 10.1. The lowest BCUT2D eigenvalue weighted by molar-refractivity contribution is -0.383. The summed E-state index contributed by atoms with van der Waals surface area (Å²) >= 11 is 0. The maximum atomic E-state index is 12.2. The van der Waals surface area contributed by atoms with E-state index in [4.69, 9.17) is 4.74 Å². The van der Waals surface area contributed by atoms with E-state index < -0.39 is 23.4 Å². The second-order valence-electron chi connectivity index (χ2n) is 5.99. The molecule has 3 rings (SSSR count). The molecule has 0 aliphatic carbocycles. The van der Waals surface area contributed by atoms with Crippen molar-refractivity contribution in [2.45, 2.75) is 12.8 Å². The Labute approximate surface area is 164 Å². The third-order valence-electron chi connectivity index (χ3n) is 3.98. The molecule has 0 unspecified atom stereocenters. The van der Waals surface area contributed by atoms with Crippen molar-refractivity contribution in [1.29, 1.82) is 0 Å². The molecule has 10 nitrogen and oxygen atoms in total. The molecule has 0 aromatic heterocycles. The minimum atomic E-state index is -0.837. The molecular weight excluding hydrogens is 380 g/mol. The SMILES string of the molecule is O=C(COC(=O)C1=NN(c2ccccc2)C(=O)CC1)Nc1ccccc1[N+](=O)[O-]. The molecular formula is C19H16N4O6. The maximum Gasteiger partial charge on any atom is 0.355 e. The first kappa shape index (κ1) is 19.7. The van der Waals surface area contributed by atoms with Crippen LogP contribution in [0.2, 0.25) is 0 Å². The van der Waals surface area contributed by atoms with E-state index in [1.807, 2.05) is 0 Å². The van der Waals surface area contributed by atoms with Gasteiger partial charge in [0.15, 0.2) is 6.61 Å². The van der Waals surface area contributed by atoms with Gasteiger partial charge in [-0.05, 0) is 18.2 Å². The van der Waals surface area contributed by atoms with Crippen LogP contribution < -0.4 is 10.3 Å². The summed E-state index contributed by atoms with van der Waals surface area (Å²) in [5.41, 5.74) is 0.235. The Hall–Kier alpha value is -4.08. The van der Waals surface area contributed by atoms with Crippen molar-refractivity contribution in [1.82, 2.24) is 0 Å². The number of amides is 2. The maximum absolute atomic E-state index is 12.2. The number of nitrogens with one attached hydrogen (secondary N) is 1. The van der Waals surface area contributed by atoms with Crippen LogP contribution in [-0.2, 0) is 19.1 Å². The van der Waals surface area contributed by atoms with Gasteiger partial charge in [0.2, 0.25) is 5.91 Å². The van der Waals surface area contributed by atoms with Gasteiger partial charge in [-0.1, -0.05) is 30.3 Å². The van der Waals surface area contributed by atoms with Crippen LogP contribution in [0.25, 0.3) is 0 Å². The lowest BCUT2D eigenvalue weighted by Crippen LogP contribution is -2.35. The van der Waals surface area contributed by atoms with Gasteiger partial charge in [0, 0.05) is 18.9 Å². The van der Waals surface area contributed by atoms with Gasteiger partial charge in [-0.2, -0.15) is 5.10 Å². The summed E-state index contributed by atoms with van der Waals surface area (Å²) in [7, 11) is 0. The predicted molar refractivity (Wildman–Crippen MR) is 103 cm³/mol. The summed E-state index contributed by atoms with van der Waals surface area (Å²) < 4.78 is 4.95. The van der Waals surface area contributed by atoms with Crippen LogP contribution in [0.1, 0.15) is 12.8 Å². The molecule has 0 saturated heterocycles. The smallest absolute Gasteiger partial charge is 0.355 e. The highest BCUT2D eigenvalue weighted by Gasteiger charge is 2.27. The quantitative estimate of drug-likeness (QED) is 0.453. The molecule has 1 N–H and O–H groups in total. The standard InChI is InChI=1S/C19H16N4O6/c24-17(20-14-8-4-5-9-16(14)23(27)28)12-29-19(26)15-10-11-18(25)22(21-15)13-6-2-1-3-7-13/h1-9H,10-12H2,(H,20,24). The number of carbonyl (C=O) groups excluding carboxylic acids is 3. The molecule has 2 aromatic rings. The molecule has 1 aliphatic rings. The number of carbonyl (C=O) groups is 3. The first-order valence-electron chi connectivity index (χ1n) is 8.61. The van der Waals surface area contributed by atoms with Gasteiger partial charge in [0.25, 0.3) is 11.6 Å². The van der Waals surface area contributed by atoms with Gasteiger partial charge in [-0.15, -0.1) is 0 Å². The molecule has 0 bridgehead atoms. The zero-order valence-electron chi connectivity index (χ0n) is 15.1. The Bertz CT molecular complexity index is 989. The van der Waals surface area contributed by atoms with Crippen LogP contribution >= 0.6 is 0 Å². The Kier molecular flexibility index (Phi) is 5.93. The van der Waals surface area contributed by atoms with Crippen LogP contribution in [0.4, 0.5) is 17.1 Å². The van der Waals surface area contributed by atoms with Crippen molar-refractivity contribution in [3.05, 3.63) is 64.7 Å². The fourth-order valence-corrected chi connectivity index (χ4v) is 2.61. The van der Waals surface area contributed by atoms with Gasteiger partial charge >= 0.3 is 5.97 Å². The van der Waals surface area contributed by atoms with E-state index in [9.17, 15) is 24.5 Å². The monoisotopic (exact) mass is 396 g/mol. The van der Waals surface area contributed by atoms with Crippen LogP contribution in [0.5, 0.6) is 0 Å². The van der Waals surface area contributed by atoms with Crippen LogP contribution in [0, 0.1) is 10.1 Å². The number of benzene rings is 2. The first-order valence-corrected chi connectivity index (χ1v) is 8.61. The van der Waals surface area contributed by atoms with Crippen molar-refractivity contribution >= 4 is 40.6 Å². The fourth-order valence-electron chi connectivity index (χ4n) is 2.61. The highest BCUT2D eigenvalue weighted by atomic mass is 16.6. The number of esters is 1. The second kappa shape index (κ2) is 8.74. The van der Waals surface area contributed by atoms with Crippen LogP contribution in [0.3, 0.4) is 0 Å². The number of hydrogen-bond acceptors (Lipinski definition) is 7. The highest BCUT2D eigenvalue weighted by Crippen LogP contribution is 2.23. The zero-order valence-corrected chi connectivity index (χ0v) is 15.1. The summed E-state index contributed by atoms with van der Waals surface area (Å²) in [6.45, 7) is -0.650. The van der Waals surface area contributed by atoms with Crippen LogP contribution in [-0.4, -0.2) is 35.0 Å². The average molecular weight is 396 g/mol. The van der Waals surface area contributed by atoms with Gasteiger partial charge < -0.3 is 10.1 Å². The molecule has 148 valence electrons. The van der Waals surface area contributed by atoms with E-state index in [2.05, 4.69) is 10.4 Å². The van der Waals surface area contributed by atoms with E-state index in [0.717, 1.165) is 5.01 Å². The molecule has 1 aliphatic heterocycles. The topological polar surface area (TPSA) is 131 Å². The molecule has 29 heavy (non-hydrogen) atoms.